The molecule has 27 heavy (non-hydrogen) atoms. The summed E-state index contributed by atoms with van der Waals surface area (Å²) in [6.45, 7) is 0.506. The number of benzene rings is 1. The van der Waals surface area contributed by atoms with Gasteiger partial charge in [0.1, 0.15) is 0 Å². The van der Waals surface area contributed by atoms with Crippen LogP contribution in [0.4, 0.5) is 0 Å². The van der Waals surface area contributed by atoms with Crippen molar-refractivity contribution in [3.8, 4) is 0 Å². The second-order valence-electron chi connectivity index (χ2n) is 9.00. The van der Waals surface area contributed by atoms with E-state index in [1.165, 1.54) is 31.9 Å². The molecule has 146 valence electrons. The van der Waals surface area contributed by atoms with Gasteiger partial charge in [-0.1, -0.05) is 30.3 Å². The van der Waals surface area contributed by atoms with E-state index in [0.717, 1.165) is 43.4 Å². The van der Waals surface area contributed by atoms with Crippen LogP contribution in [0.2, 0.25) is 0 Å². The Morgan fingerprint density at radius 2 is 1.59 bits per heavy atom. The van der Waals surface area contributed by atoms with E-state index in [1.54, 1.807) is 0 Å². The smallest absolute Gasteiger partial charge is 0.307 e. The van der Waals surface area contributed by atoms with Gasteiger partial charge in [-0.2, -0.15) is 0 Å². The number of methoxy groups -OCH3 is 1. The number of ether oxygens (including phenoxy) is 1. The molecular weight excluding hydrogens is 338 g/mol. The third-order valence-electron chi connectivity index (χ3n) is 7.12. The summed E-state index contributed by atoms with van der Waals surface area (Å²) in [5.41, 5.74) is 1.19. The maximum atomic E-state index is 13.3. The zero-order valence-electron chi connectivity index (χ0n) is 16.4. The Kier molecular flexibility index (Phi) is 5.25. The summed E-state index contributed by atoms with van der Waals surface area (Å²) in [6.07, 6.45) is 9.04. The van der Waals surface area contributed by atoms with E-state index in [9.17, 15) is 9.59 Å². The number of carbonyl (C=O) groups excluding carboxylic acids is 2. The highest BCUT2D eigenvalue weighted by molar-refractivity contribution is 5.78. The molecule has 1 aromatic rings. The first-order valence-corrected chi connectivity index (χ1v) is 10.5. The molecular formula is C23H31NO3. The lowest BCUT2D eigenvalue weighted by molar-refractivity contribution is -0.153. The average Bonchev–Trinajstić information content (AvgIpc) is 2.66. The summed E-state index contributed by atoms with van der Waals surface area (Å²) in [7, 11) is 1.43. The number of hydrogen-bond donors (Lipinski definition) is 0. The van der Waals surface area contributed by atoms with Crippen molar-refractivity contribution in [1.29, 1.82) is 0 Å². The molecule has 0 spiro atoms. The Morgan fingerprint density at radius 3 is 2.15 bits per heavy atom. The van der Waals surface area contributed by atoms with E-state index in [0.29, 0.717) is 19.4 Å². The average molecular weight is 370 g/mol. The fourth-order valence-electron chi connectivity index (χ4n) is 6.36. The Morgan fingerprint density at radius 1 is 1.00 bits per heavy atom. The van der Waals surface area contributed by atoms with Crippen LogP contribution in [0.3, 0.4) is 0 Å². The van der Waals surface area contributed by atoms with Crippen molar-refractivity contribution in [2.45, 2.75) is 63.3 Å². The predicted octanol–water partition coefficient (Wildman–Crippen LogP) is 3.98. The molecule has 4 aliphatic carbocycles. The quantitative estimate of drug-likeness (QED) is 0.683. The summed E-state index contributed by atoms with van der Waals surface area (Å²) >= 11 is 0. The number of rotatable bonds is 7. The Bertz CT molecular complexity index is 649. The third-order valence-corrected chi connectivity index (χ3v) is 7.12. The van der Waals surface area contributed by atoms with Gasteiger partial charge in [0.15, 0.2) is 0 Å². The second-order valence-corrected chi connectivity index (χ2v) is 9.00. The van der Waals surface area contributed by atoms with Gasteiger partial charge in [-0.05, 0) is 68.3 Å². The largest absolute Gasteiger partial charge is 0.469 e. The van der Waals surface area contributed by atoms with Crippen LogP contribution >= 0.6 is 0 Å². The number of carbonyl (C=O) groups is 2. The Hall–Kier alpha value is -1.84. The van der Waals surface area contributed by atoms with E-state index in [2.05, 4.69) is 17.0 Å². The van der Waals surface area contributed by atoms with Gasteiger partial charge in [-0.3, -0.25) is 9.59 Å². The van der Waals surface area contributed by atoms with Crippen molar-refractivity contribution in [3.05, 3.63) is 35.9 Å². The van der Waals surface area contributed by atoms with Crippen molar-refractivity contribution >= 4 is 11.9 Å². The summed E-state index contributed by atoms with van der Waals surface area (Å²) in [6, 6.07) is 10.2. The Balaban J connectivity index is 1.50. The molecule has 0 radical (unpaired) electrons. The van der Waals surface area contributed by atoms with Crippen LogP contribution in [0.25, 0.3) is 0 Å². The molecule has 0 aromatic heterocycles. The zero-order valence-corrected chi connectivity index (χ0v) is 16.4. The molecule has 4 fully saturated rings. The van der Waals surface area contributed by atoms with Crippen molar-refractivity contribution in [1.82, 2.24) is 4.90 Å². The van der Waals surface area contributed by atoms with Gasteiger partial charge in [0.2, 0.25) is 5.91 Å². The van der Waals surface area contributed by atoms with Gasteiger partial charge in [0.05, 0.1) is 13.5 Å². The van der Waals surface area contributed by atoms with E-state index >= 15 is 0 Å². The minimum absolute atomic E-state index is 0.00343. The number of aryl methyl sites for hydroxylation is 1. The summed E-state index contributed by atoms with van der Waals surface area (Å²) < 4.78 is 4.85. The molecule has 4 bridgehead atoms. The van der Waals surface area contributed by atoms with E-state index in [-0.39, 0.29) is 17.4 Å². The van der Waals surface area contributed by atoms with Crippen molar-refractivity contribution in [2.75, 3.05) is 13.7 Å². The normalized spacial score (nSPS) is 30.9. The molecule has 0 heterocycles. The van der Waals surface area contributed by atoms with Crippen LogP contribution in [0.1, 0.15) is 56.9 Å². The molecule has 4 nitrogen and oxygen atoms in total. The van der Waals surface area contributed by atoms with Gasteiger partial charge in [-0.25, -0.2) is 0 Å². The van der Waals surface area contributed by atoms with Crippen LogP contribution in [-0.4, -0.2) is 36.0 Å². The topological polar surface area (TPSA) is 46.6 Å². The van der Waals surface area contributed by atoms with E-state index in [4.69, 9.17) is 4.74 Å². The fraction of sp³-hybridized carbons (Fsp3) is 0.652. The van der Waals surface area contributed by atoms with Crippen LogP contribution in [0.5, 0.6) is 0 Å². The lowest BCUT2D eigenvalue weighted by Gasteiger charge is -2.60. The highest BCUT2D eigenvalue weighted by atomic mass is 16.5. The SMILES string of the molecule is COC(=O)CCN(C(=O)CCc1ccccc1)C12CC3CC(CC(C3)C1)C2. The maximum Gasteiger partial charge on any atom is 0.307 e. The third kappa shape index (κ3) is 3.90. The summed E-state index contributed by atoms with van der Waals surface area (Å²) in [5, 5.41) is 0. The van der Waals surface area contributed by atoms with Gasteiger partial charge >= 0.3 is 5.97 Å². The van der Waals surface area contributed by atoms with Gasteiger partial charge in [0, 0.05) is 18.5 Å². The zero-order chi connectivity index (χ0) is 18.9. The van der Waals surface area contributed by atoms with Gasteiger partial charge < -0.3 is 9.64 Å². The molecule has 0 atom stereocenters. The van der Waals surface area contributed by atoms with Crippen LogP contribution < -0.4 is 0 Å². The fourth-order valence-corrected chi connectivity index (χ4v) is 6.36. The molecule has 1 aromatic carbocycles. The van der Waals surface area contributed by atoms with Crippen LogP contribution in [0, 0.1) is 17.8 Å². The standard InChI is InChI=1S/C23H31NO3/c1-27-22(26)9-10-24(21(25)8-7-17-5-3-2-4-6-17)23-14-18-11-19(15-23)13-20(12-18)16-23/h2-6,18-20H,7-16H2,1H3. The van der Waals surface area contributed by atoms with Crippen molar-refractivity contribution < 1.29 is 14.3 Å². The molecule has 4 aliphatic rings. The van der Waals surface area contributed by atoms with Crippen molar-refractivity contribution in [3.63, 3.8) is 0 Å². The first-order chi connectivity index (χ1) is 13.1. The molecule has 4 heteroatoms. The molecule has 1 amide bonds. The highest BCUT2D eigenvalue weighted by Gasteiger charge is 2.54. The molecule has 0 unspecified atom stereocenters. The number of esters is 1. The van der Waals surface area contributed by atoms with Crippen molar-refractivity contribution in [2.24, 2.45) is 17.8 Å². The van der Waals surface area contributed by atoms with Crippen LogP contribution in [-0.2, 0) is 20.7 Å². The number of amides is 1. The maximum absolute atomic E-state index is 13.3. The van der Waals surface area contributed by atoms with E-state index in [1.807, 2.05) is 18.2 Å². The molecule has 0 aliphatic heterocycles. The lowest BCUT2D eigenvalue weighted by Crippen LogP contribution is -2.61. The van der Waals surface area contributed by atoms with Gasteiger partial charge in [-0.15, -0.1) is 0 Å². The number of hydrogen-bond acceptors (Lipinski definition) is 3. The first kappa shape index (κ1) is 18.5. The molecule has 0 N–H and O–H groups in total. The highest BCUT2D eigenvalue weighted by Crippen LogP contribution is 2.57. The van der Waals surface area contributed by atoms with Crippen LogP contribution in [0.15, 0.2) is 30.3 Å². The first-order valence-electron chi connectivity index (χ1n) is 10.5. The minimum Gasteiger partial charge on any atom is -0.469 e. The summed E-state index contributed by atoms with van der Waals surface area (Å²) in [4.78, 5) is 27.2. The predicted molar refractivity (Wildman–Crippen MR) is 104 cm³/mol. The molecule has 0 saturated heterocycles. The minimum atomic E-state index is -0.222. The van der Waals surface area contributed by atoms with Gasteiger partial charge in [0.25, 0.3) is 0 Å². The number of nitrogens with zero attached hydrogens (tertiary/aromatic N) is 1. The second kappa shape index (κ2) is 7.65. The summed E-state index contributed by atoms with van der Waals surface area (Å²) in [5.74, 6) is 2.32. The van der Waals surface area contributed by atoms with E-state index < -0.39 is 0 Å². The Labute approximate surface area is 162 Å². The molecule has 4 saturated carbocycles. The molecule has 5 rings (SSSR count). The monoisotopic (exact) mass is 369 g/mol. The lowest BCUT2D eigenvalue weighted by atomic mass is 9.52.